The predicted octanol–water partition coefficient (Wildman–Crippen LogP) is 10.9. The lowest BCUT2D eigenvalue weighted by Gasteiger charge is -2.33. The van der Waals surface area contributed by atoms with Crippen molar-refractivity contribution in [1.82, 2.24) is 9.13 Å². The first kappa shape index (κ1) is 29.1. The summed E-state index contributed by atoms with van der Waals surface area (Å²) in [6, 6.07) is 49.7. The zero-order valence-electron chi connectivity index (χ0n) is 29.3. The number of aromatic nitrogens is 2. The second kappa shape index (κ2) is 10.1. The topological polar surface area (TPSA) is 33.6 Å². The number of rotatable bonds is 1. The molecule has 0 fully saturated rings. The van der Waals surface area contributed by atoms with E-state index in [1.165, 1.54) is 107 Å². The number of benzene rings is 7. The van der Waals surface area contributed by atoms with Crippen molar-refractivity contribution in [3.05, 3.63) is 156 Å². The molecule has 4 aliphatic rings. The second-order valence-corrected chi connectivity index (χ2v) is 17.7. The van der Waals surface area contributed by atoms with Gasteiger partial charge in [0.25, 0.3) is 6.71 Å². The number of allylic oxidation sites excluding steroid dienone is 1. The van der Waals surface area contributed by atoms with Crippen LogP contribution in [0, 0.1) is 11.3 Å². The van der Waals surface area contributed by atoms with Gasteiger partial charge in [-0.1, -0.05) is 97.1 Å². The van der Waals surface area contributed by atoms with Crippen LogP contribution in [0.1, 0.15) is 28.4 Å². The van der Waals surface area contributed by atoms with Crippen LogP contribution < -0.4 is 15.6 Å². The Kier molecular flexibility index (Phi) is 5.34. The molecule has 0 saturated carbocycles. The minimum absolute atomic E-state index is 0.105. The highest BCUT2D eigenvalue weighted by Gasteiger charge is 2.46. The Hall–Kier alpha value is -6.26. The molecule has 0 bridgehead atoms. The molecule has 0 saturated heterocycles. The lowest BCUT2D eigenvalue weighted by atomic mass is 9.40. The number of thiophene rings is 1. The van der Waals surface area contributed by atoms with Crippen molar-refractivity contribution in [2.45, 2.75) is 11.7 Å². The fraction of sp³-hybridized carbons (Fsp3) is 0.0408. The van der Waals surface area contributed by atoms with E-state index in [1.807, 2.05) is 23.5 Å². The first-order valence-corrected chi connectivity index (χ1v) is 20.6. The van der Waals surface area contributed by atoms with E-state index in [9.17, 15) is 5.26 Å². The molecule has 1 unspecified atom stereocenters. The Morgan fingerprint density at radius 3 is 2.09 bits per heavy atom. The third kappa shape index (κ3) is 3.47. The number of hydrogen-bond acceptors (Lipinski definition) is 3. The van der Waals surface area contributed by atoms with Crippen molar-refractivity contribution >= 4 is 115 Å². The number of fused-ring (bicyclic) bond motifs is 8. The van der Waals surface area contributed by atoms with E-state index in [0.29, 0.717) is 10.8 Å². The maximum atomic E-state index is 9.74. The van der Waals surface area contributed by atoms with Crippen molar-refractivity contribution < 1.29 is 0 Å². The van der Waals surface area contributed by atoms with Gasteiger partial charge in [-0.15, -0.1) is 23.1 Å². The molecule has 1 aliphatic carbocycles. The molecule has 0 N–H and O–H groups in total. The molecular weight excluding hydrogens is 706 g/mol. The Labute approximate surface area is 323 Å². The van der Waals surface area contributed by atoms with E-state index >= 15 is 0 Å². The predicted molar refractivity (Wildman–Crippen MR) is 235 cm³/mol. The Morgan fingerprint density at radius 1 is 0.673 bits per heavy atom. The molecule has 252 valence electrons. The van der Waals surface area contributed by atoms with Crippen LogP contribution in [0.15, 0.2) is 133 Å². The number of thioether (sulfide) groups is 1. The van der Waals surface area contributed by atoms with Crippen LogP contribution in [0.2, 0.25) is 0 Å². The summed E-state index contributed by atoms with van der Waals surface area (Å²) in [7, 11) is 0. The molecular formula is C49H26BN3S2. The zero-order chi connectivity index (χ0) is 35.7. The molecule has 6 heteroatoms. The van der Waals surface area contributed by atoms with Gasteiger partial charge in [0, 0.05) is 42.3 Å². The number of nitrogens with zero attached hydrogens (tertiary/aromatic N) is 3. The highest BCUT2D eigenvalue weighted by atomic mass is 32.2. The molecule has 7 aromatic carbocycles. The minimum atomic E-state index is 0.105. The minimum Gasteiger partial charge on any atom is -0.310 e. The Morgan fingerprint density at radius 2 is 1.33 bits per heavy atom. The molecule has 1 atom stereocenters. The summed E-state index contributed by atoms with van der Waals surface area (Å²) < 4.78 is 8.08. The van der Waals surface area contributed by atoms with Crippen LogP contribution >= 0.6 is 23.1 Å². The van der Waals surface area contributed by atoms with Gasteiger partial charge in [0.1, 0.15) is 0 Å². The van der Waals surface area contributed by atoms with Crippen molar-refractivity contribution in [2.24, 2.45) is 0 Å². The number of nitriles is 1. The maximum absolute atomic E-state index is 9.74. The van der Waals surface area contributed by atoms with Gasteiger partial charge >= 0.3 is 0 Å². The molecule has 0 radical (unpaired) electrons. The molecule has 10 aromatic rings. The SMILES string of the molecule is N#Cc1ccc(-c2cc3c4c(c2)-n2c5cccc6cccc(c7cccc8sc(c2c87)B4C2=c4c7c(c8cccc9cccc(c98)n4-3)C=CCC7S2)c65)cc1. The van der Waals surface area contributed by atoms with Crippen LogP contribution in [0.25, 0.3) is 97.7 Å². The molecule has 0 amide bonds. The third-order valence-corrected chi connectivity index (χ3v) is 15.4. The lowest BCUT2D eigenvalue weighted by molar-refractivity contribution is 0.928. The summed E-state index contributed by atoms with van der Waals surface area (Å²) in [6.45, 7) is 0.105. The van der Waals surface area contributed by atoms with Crippen LogP contribution in [-0.4, -0.2) is 15.8 Å². The van der Waals surface area contributed by atoms with Crippen molar-refractivity contribution in [2.75, 3.05) is 0 Å². The molecule has 6 heterocycles. The van der Waals surface area contributed by atoms with Crippen molar-refractivity contribution in [3.8, 4) is 28.6 Å². The van der Waals surface area contributed by atoms with E-state index in [0.717, 1.165) is 17.5 Å². The first-order chi connectivity index (χ1) is 27.2. The lowest BCUT2D eigenvalue weighted by Crippen LogP contribution is -2.54. The van der Waals surface area contributed by atoms with E-state index in [2.05, 4.69) is 154 Å². The van der Waals surface area contributed by atoms with Gasteiger partial charge in [0.2, 0.25) is 0 Å². The maximum Gasteiger partial charge on any atom is 0.272 e. The van der Waals surface area contributed by atoms with E-state index in [-0.39, 0.29) is 6.71 Å². The molecule has 3 aromatic heterocycles. The average Bonchev–Trinajstić information content (AvgIpc) is 3.74. The molecule has 55 heavy (non-hydrogen) atoms. The van der Waals surface area contributed by atoms with Crippen LogP contribution in [0.4, 0.5) is 0 Å². The number of hydrogen-bond donors (Lipinski definition) is 0. The van der Waals surface area contributed by atoms with E-state index < -0.39 is 0 Å². The van der Waals surface area contributed by atoms with E-state index in [1.54, 1.807) is 0 Å². The van der Waals surface area contributed by atoms with Crippen LogP contribution in [-0.2, 0) is 0 Å². The van der Waals surface area contributed by atoms with Crippen molar-refractivity contribution in [1.29, 1.82) is 5.26 Å². The van der Waals surface area contributed by atoms with Gasteiger partial charge in [-0.05, 0) is 108 Å². The van der Waals surface area contributed by atoms with Gasteiger partial charge in [0.05, 0.1) is 33.5 Å². The highest BCUT2D eigenvalue weighted by Crippen LogP contribution is 2.52. The fourth-order valence-electron chi connectivity index (χ4n) is 10.7. The second-order valence-electron chi connectivity index (χ2n) is 15.4. The largest absolute Gasteiger partial charge is 0.310 e. The van der Waals surface area contributed by atoms with Gasteiger partial charge in [-0.25, -0.2) is 0 Å². The van der Waals surface area contributed by atoms with Gasteiger partial charge in [-0.3, -0.25) is 0 Å². The molecule has 3 nitrogen and oxygen atoms in total. The van der Waals surface area contributed by atoms with Gasteiger partial charge in [0.15, 0.2) is 0 Å². The first-order valence-electron chi connectivity index (χ1n) is 19.0. The fourth-order valence-corrected chi connectivity index (χ4v) is 13.6. The summed E-state index contributed by atoms with van der Waals surface area (Å²) in [5.74, 6) is 0. The van der Waals surface area contributed by atoms with Gasteiger partial charge in [-0.2, -0.15) is 5.26 Å². The molecule has 14 rings (SSSR count). The van der Waals surface area contributed by atoms with Crippen LogP contribution in [0.5, 0.6) is 0 Å². The monoisotopic (exact) mass is 731 g/mol. The smallest absolute Gasteiger partial charge is 0.272 e. The summed E-state index contributed by atoms with van der Waals surface area (Å²) >= 11 is 4.11. The molecule has 3 aliphatic heterocycles. The third-order valence-electron chi connectivity index (χ3n) is 12.8. The van der Waals surface area contributed by atoms with E-state index in [4.69, 9.17) is 0 Å². The standard InChI is InChI=1S/C49H26BN3S2/c51-25-26-19-21-27(22-20-26)30-23-37-45-38(24-30)53-36-16-4-10-29-8-2-12-32(42(29)36)34-14-6-18-40-44(34)47(53)49(55-40)50(45)48-46-43-33(13-5-17-39(43)54-48)31-11-1-7-28-9-3-15-35(41(28)31)52(37)46/h1-17,19-24,40H,18H2. The zero-order valence-corrected chi connectivity index (χ0v) is 30.9. The summed E-state index contributed by atoms with van der Waals surface area (Å²) in [4.78, 5) is 1.48. The van der Waals surface area contributed by atoms with Crippen molar-refractivity contribution in [3.63, 3.8) is 0 Å². The van der Waals surface area contributed by atoms with Crippen LogP contribution in [0.3, 0.4) is 0 Å². The normalized spacial score (nSPS) is 15.9. The summed E-state index contributed by atoms with van der Waals surface area (Å²) in [5, 5.41) is 21.9. The quantitative estimate of drug-likeness (QED) is 0.158. The molecule has 0 spiro atoms. The average molecular weight is 732 g/mol. The summed E-state index contributed by atoms with van der Waals surface area (Å²) in [5.41, 5.74) is 13.5. The Balaban J connectivity index is 1.28. The highest BCUT2D eigenvalue weighted by molar-refractivity contribution is 8.11. The van der Waals surface area contributed by atoms with Gasteiger partial charge < -0.3 is 9.13 Å². The summed E-state index contributed by atoms with van der Waals surface area (Å²) in [6.07, 6.45) is 5.84. The Bertz CT molecular complexity index is 3620.